The third-order valence-electron chi connectivity index (χ3n) is 5.02. The summed E-state index contributed by atoms with van der Waals surface area (Å²) >= 11 is 13.8. The van der Waals surface area contributed by atoms with Crippen LogP contribution in [0.5, 0.6) is 0 Å². The molecule has 0 bridgehead atoms. The molecule has 31 heavy (non-hydrogen) atoms. The van der Waals surface area contributed by atoms with Gasteiger partial charge in [0, 0.05) is 18.8 Å². The van der Waals surface area contributed by atoms with Crippen LogP contribution >= 0.6 is 35.0 Å². The van der Waals surface area contributed by atoms with E-state index in [0.717, 1.165) is 17.7 Å². The molecular weight excluding hydrogens is 451 g/mol. The van der Waals surface area contributed by atoms with Crippen LogP contribution in [0.3, 0.4) is 0 Å². The second kappa shape index (κ2) is 13.0. The van der Waals surface area contributed by atoms with Gasteiger partial charge in [0.15, 0.2) is 0 Å². The monoisotopic (exact) mass is 480 g/mol. The van der Waals surface area contributed by atoms with E-state index in [-0.39, 0.29) is 11.8 Å². The predicted molar refractivity (Wildman–Crippen MR) is 132 cm³/mol. The summed E-state index contributed by atoms with van der Waals surface area (Å²) in [6.45, 7) is 6.89. The van der Waals surface area contributed by atoms with Crippen LogP contribution in [0.4, 0.5) is 0 Å². The fourth-order valence-corrected chi connectivity index (χ4v) is 4.53. The Hall–Kier alpha value is -1.69. The minimum Gasteiger partial charge on any atom is -0.354 e. The van der Waals surface area contributed by atoms with Crippen LogP contribution in [0, 0.1) is 6.92 Å². The Morgan fingerprint density at radius 1 is 1.10 bits per heavy atom. The molecule has 0 fully saturated rings. The molecule has 0 saturated carbocycles. The zero-order valence-electron chi connectivity index (χ0n) is 18.3. The molecule has 0 radical (unpaired) electrons. The van der Waals surface area contributed by atoms with Gasteiger partial charge in [0.25, 0.3) is 0 Å². The van der Waals surface area contributed by atoms with Crippen molar-refractivity contribution in [3.8, 4) is 0 Å². The number of nitrogens with zero attached hydrogens (tertiary/aromatic N) is 1. The van der Waals surface area contributed by atoms with Gasteiger partial charge in [0.05, 0.1) is 15.8 Å². The maximum Gasteiger partial charge on any atom is 0.242 e. The number of benzene rings is 2. The van der Waals surface area contributed by atoms with Gasteiger partial charge in [-0.25, -0.2) is 0 Å². The first-order valence-electron chi connectivity index (χ1n) is 10.5. The lowest BCUT2D eigenvalue weighted by atomic mass is 10.1. The highest BCUT2D eigenvalue weighted by molar-refractivity contribution is 7.99. The minimum atomic E-state index is -0.535. The number of carbonyl (C=O) groups excluding carboxylic acids is 2. The van der Waals surface area contributed by atoms with E-state index in [1.54, 1.807) is 28.8 Å². The van der Waals surface area contributed by atoms with Crippen molar-refractivity contribution in [1.29, 1.82) is 0 Å². The number of halogens is 2. The molecule has 0 aliphatic carbocycles. The summed E-state index contributed by atoms with van der Waals surface area (Å²) in [5, 5.41) is 3.82. The van der Waals surface area contributed by atoms with Gasteiger partial charge >= 0.3 is 0 Å². The molecule has 7 heteroatoms. The maximum absolute atomic E-state index is 13.2. The smallest absolute Gasteiger partial charge is 0.242 e. The maximum atomic E-state index is 13.2. The fourth-order valence-electron chi connectivity index (χ4n) is 3.22. The highest BCUT2D eigenvalue weighted by atomic mass is 35.5. The topological polar surface area (TPSA) is 49.4 Å². The highest BCUT2D eigenvalue weighted by Crippen LogP contribution is 2.25. The normalized spacial score (nSPS) is 11.8. The summed E-state index contributed by atoms with van der Waals surface area (Å²) in [6, 6.07) is 12.9. The lowest BCUT2D eigenvalue weighted by Crippen LogP contribution is -2.49. The molecule has 0 saturated heterocycles. The lowest BCUT2D eigenvalue weighted by Gasteiger charge is -2.30. The van der Waals surface area contributed by atoms with E-state index in [9.17, 15) is 9.59 Å². The molecular formula is C24H30Cl2N2O2S. The van der Waals surface area contributed by atoms with Crippen molar-refractivity contribution in [3.63, 3.8) is 0 Å². The number of thioether (sulfide) groups is 1. The van der Waals surface area contributed by atoms with Crippen LogP contribution in [-0.4, -0.2) is 35.1 Å². The van der Waals surface area contributed by atoms with Gasteiger partial charge in [0.1, 0.15) is 6.04 Å². The molecule has 4 nitrogen and oxygen atoms in total. The Bertz CT molecular complexity index is 892. The second-order valence-electron chi connectivity index (χ2n) is 7.40. The summed E-state index contributed by atoms with van der Waals surface area (Å²) in [7, 11) is 0. The van der Waals surface area contributed by atoms with Gasteiger partial charge in [-0.1, -0.05) is 67.4 Å². The molecule has 2 aromatic rings. The van der Waals surface area contributed by atoms with Crippen molar-refractivity contribution >= 4 is 46.8 Å². The third-order valence-corrected chi connectivity index (χ3v) is 6.72. The predicted octanol–water partition coefficient (Wildman–Crippen LogP) is 5.87. The van der Waals surface area contributed by atoms with Crippen molar-refractivity contribution in [2.45, 2.75) is 52.0 Å². The molecule has 2 amide bonds. The largest absolute Gasteiger partial charge is 0.354 e. The van der Waals surface area contributed by atoms with Gasteiger partial charge in [-0.05, 0) is 48.6 Å². The van der Waals surface area contributed by atoms with Gasteiger partial charge in [0.2, 0.25) is 11.8 Å². The summed E-state index contributed by atoms with van der Waals surface area (Å²) in [4.78, 5) is 27.7. The van der Waals surface area contributed by atoms with Crippen LogP contribution in [-0.2, 0) is 21.9 Å². The van der Waals surface area contributed by atoms with Crippen molar-refractivity contribution in [3.05, 3.63) is 69.2 Å². The van der Waals surface area contributed by atoms with Crippen LogP contribution in [0.15, 0.2) is 42.5 Å². The molecule has 1 N–H and O–H groups in total. The molecule has 0 unspecified atom stereocenters. The van der Waals surface area contributed by atoms with E-state index in [1.165, 1.54) is 11.1 Å². The first kappa shape index (κ1) is 25.6. The van der Waals surface area contributed by atoms with Crippen molar-refractivity contribution < 1.29 is 9.59 Å². The zero-order valence-corrected chi connectivity index (χ0v) is 20.6. The van der Waals surface area contributed by atoms with Gasteiger partial charge in [-0.2, -0.15) is 0 Å². The van der Waals surface area contributed by atoms with Crippen molar-refractivity contribution in [1.82, 2.24) is 10.2 Å². The number of carbonyl (C=O) groups is 2. The van der Waals surface area contributed by atoms with E-state index in [4.69, 9.17) is 23.2 Å². The van der Waals surface area contributed by atoms with E-state index >= 15 is 0 Å². The number of hydrogen-bond donors (Lipinski definition) is 1. The molecule has 0 spiro atoms. The van der Waals surface area contributed by atoms with Crippen LogP contribution in [0.25, 0.3) is 0 Å². The summed E-state index contributed by atoms with van der Waals surface area (Å²) < 4.78 is 0. The van der Waals surface area contributed by atoms with Crippen LogP contribution in [0.2, 0.25) is 10.0 Å². The standard InChI is InChI=1S/C24H30Cl2N2O2S/c1-4-12-27-24(30)22(5-2)28(14-18-10-11-20(25)21(26)13-18)23(29)16-31-15-19-9-7-6-8-17(19)3/h6-11,13,22H,4-5,12,14-16H2,1-3H3,(H,27,30)/t22-/m0/s1. The number of amides is 2. The summed E-state index contributed by atoms with van der Waals surface area (Å²) in [6.07, 6.45) is 1.38. The van der Waals surface area contributed by atoms with E-state index in [1.807, 2.05) is 32.0 Å². The molecule has 1 atom stereocenters. The average Bonchev–Trinajstić information content (AvgIpc) is 2.75. The molecule has 0 heterocycles. The van der Waals surface area contributed by atoms with Gasteiger partial charge in [-0.15, -0.1) is 11.8 Å². The Kier molecular flexibility index (Phi) is 10.7. The zero-order chi connectivity index (χ0) is 22.8. The Balaban J connectivity index is 2.16. The highest BCUT2D eigenvalue weighted by Gasteiger charge is 2.28. The second-order valence-corrected chi connectivity index (χ2v) is 9.20. The quantitative estimate of drug-likeness (QED) is 0.437. The Morgan fingerprint density at radius 2 is 1.84 bits per heavy atom. The van der Waals surface area contributed by atoms with Gasteiger partial charge < -0.3 is 10.2 Å². The molecule has 0 aliphatic heterocycles. The first-order valence-corrected chi connectivity index (χ1v) is 12.4. The fraction of sp³-hybridized carbons (Fsp3) is 0.417. The van der Waals surface area contributed by atoms with E-state index in [0.29, 0.717) is 35.3 Å². The molecule has 2 rings (SSSR count). The first-order chi connectivity index (χ1) is 14.9. The summed E-state index contributed by atoms with van der Waals surface area (Å²) in [5.74, 6) is 0.857. The van der Waals surface area contributed by atoms with Crippen LogP contribution < -0.4 is 5.32 Å². The Labute approximate surface area is 199 Å². The van der Waals surface area contributed by atoms with Crippen LogP contribution in [0.1, 0.15) is 43.4 Å². The average molecular weight is 481 g/mol. The molecule has 168 valence electrons. The Morgan fingerprint density at radius 3 is 2.48 bits per heavy atom. The number of rotatable bonds is 11. The van der Waals surface area contributed by atoms with Crippen molar-refractivity contribution in [2.75, 3.05) is 12.3 Å². The number of hydrogen-bond acceptors (Lipinski definition) is 3. The summed E-state index contributed by atoms with van der Waals surface area (Å²) in [5.41, 5.74) is 3.26. The molecule has 0 aromatic heterocycles. The van der Waals surface area contributed by atoms with E-state index < -0.39 is 6.04 Å². The number of aryl methyl sites for hydroxylation is 1. The molecule has 2 aromatic carbocycles. The van der Waals surface area contributed by atoms with E-state index in [2.05, 4.69) is 24.4 Å². The molecule has 0 aliphatic rings. The minimum absolute atomic E-state index is 0.0665. The third kappa shape index (κ3) is 7.74. The SMILES string of the molecule is CCCNC(=O)[C@H](CC)N(Cc1ccc(Cl)c(Cl)c1)C(=O)CSCc1ccccc1C. The van der Waals surface area contributed by atoms with Gasteiger partial charge in [-0.3, -0.25) is 9.59 Å². The van der Waals surface area contributed by atoms with Crippen molar-refractivity contribution in [2.24, 2.45) is 0 Å². The lowest BCUT2D eigenvalue weighted by molar-refractivity contribution is -0.139. The number of nitrogens with one attached hydrogen (secondary N) is 1.